The highest BCUT2D eigenvalue weighted by molar-refractivity contribution is 7.99. The molecule has 9 nitrogen and oxygen atoms in total. The van der Waals surface area contributed by atoms with Gasteiger partial charge in [-0.15, -0.1) is 10.2 Å². The molecule has 0 radical (unpaired) electrons. The number of hydrogen-bond acceptors (Lipinski definition) is 7. The molecule has 2 N–H and O–H groups in total. The van der Waals surface area contributed by atoms with Gasteiger partial charge in [-0.2, -0.15) is 13.2 Å². The van der Waals surface area contributed by atoms with E-state index in [1.165, 1.54) is 0 Å². The summed E-state index contributed by atoms with van der Waals surface area (Å²) in [6, 6.07) is 6.71. The van der Waals surface area contributed by atoms with Crippen molar-refractivity contribution in [1.82, 2.24) is 20.1 Å². The Labute approximate surface area is 192 Å². The molecule has 1 saturated heterocycles. The molecule has 1 aromatic heterocycles. The van der Waals surface area contributed by atoms with E-state index >= 15 is 0 Å². The number of carbonyl (C=O) groups is 2. The van der Waals surface area contributed by atoms with Crippen molar-refractivity contribution in [2.24, 2.45) is 0 Å². The summed E-state index contributed by atoms with van der Waals surface area (Å²) in [6.45, 7) is 0.343. The van der Waals surface area contributed by atoms with Crippen LogP contribution >= 0.6 is 11.8 Å². The normalized spacial score (nSPS) is 16.5. The summed E-state index contributed by atoms with van der Waals surface area (Å²) in [6.07, 6.45) is -2.54. The second-order valence-electron chi connectivity index (χ2n) is 7.75. The lowest BCUT2D eigenvalue weighted by Crippen LogP contribution is -2.38. The molecule has 0 bridgehead atoms. The number of amides is 2. The van der Waals surface area contributed by atoms with E-state index < -0.39 is 18.6 Å². The minimum Gasteiger partial charge on any atom is -0.378 e. The first-order valence-corrected chi connectivity index (χ1v) is 11.4. The predicted octanol–water partition coefficient (Wildman–Crippen LogP) is 2.30. The van der Waals surface area contributed by atoms with Crippen molar-refractivity contribution < 1.29 is 27.5 Å². The summed E-state index contributed by atoms with van der Waals surface area (Å²) in [5.41, 5.74) is 0.849. The zero-order chi connectivity index (χ0) is 23.4. The third-order valence-electron chi connectivity index (χ3n) is 4.98. The number of rotatable bonds is 8. The van der Waals surface area contributed by atoms with Gasteiger partial charge in [0.15, 0.2) is 5.16 Å². The molecule has 2 amide bonds. The van der Waals surface area contributed by atoms with Crippen LogP contribution in [0.2, 0.25) is 0 Å². The van der Waals surface area contributed by atoms with Gasteiger partial charge >= 0.3 is 6.18 Å². The van der Waals surface area contributed by atoms with Crippen LogP contribution in [0.5, 0.6) is 0 Å². The summed E-state index contributed by atoms with van der Waals surface area (Å²) in [4.78, 5) is 26.3. The molecule has 178 valence electrons. The Balaban J connectivity index is 1.39. The lowest BCUT2D eigenvalue weighted by atomic mass is 10.2. The predicted molar refractivity (Wildman–Crippen MR) is 115 cm³/mol. The first kappa shape index (κ1) is 23.4. The number of halogens is 3. The van der Waals surface area contributed by atoms with Crippen LogP contribution < -0.4 is 15.5 Å². The van der Waals surface area contributed by atoms with Crippen LogP contribution in [0.15, 0.2) is 29.4 Å². The number of hydrogen-bond donors (Lipinski definition) is 2. The Bertz CT molecular complexity index is 1010. The van der Waals surface area contributed by atoms with Gasteiger partial charge in [-0.05, 0) is 31.0 Å². The Hall–Kier alpha value is -2.80. The van der Waals surface area contributed by atoms with Gasteiger partial charge in [0.1, 0.15) is 6.54 Å². The minimum atomic E-state index is -4.47. The standard InChI is InChI=1S/C20H23F3N6O3S/c21-20(22,23)12-29-18(28-6-8-32-9-7-28)26-27-19(29)33-11-16(30)24-15-3-1-2-13(10-15)17(31)25-14-4-5-14/h1-3,10,14H,4-9,11-12H2,(H,24,30)(H,25,31). The molecule has 0 atom stereocenters. The Kier molecular flexibility index (Phi) is 7.08. The lowest BCUT2D eigenvalue weighted by molar-refractivity contribution is -0.141. The first-order valence-electron chi connectivity index (χ1n) is 10.4. The van der Waals surface area contributed by atoms with Crippen LogP contribution in [0, 0.1) is 0 Å². The number of nitrogens with zero attached hydrogens (tertiary/aromatic N) is 4. The highest BCUT2D eigenvalue weighted by atomic mass is 32.2. The van der Waals surface area contributed by atoms with Crippen molar-refractivity contribution in [3.05, 3.63) is 29.8 Å². The van der Waals surface area contributed by atoms with Crippen molar-refractivity contribution in [2.75, 3.05) is 42.3 Å². The summed E-state index contributed by atoms with van der Waals surface area (Å²) in [5, 5.41) is 13.4. The van der Waals surface area contributed by atoms with Gasteiger partial charge in [-0.25, -0.2) is 0 Å². The molecule has 2 aliphatic rings. The SMILES string of the molecule is O=C(CSc1nnc(N2CCOCC2)n1CC(F)(F)F)Nc1cccc(C(=O)NC2CC2)c1. The van der Waals surface area contributed by atoms with Crippen LogP contribution in [-0.2, 0) is 16.1 Å². The summed E-state index contributed by atoms with van der Waals surface area (Å²) >= 11 is 0.867. The molecule has 2 fully saturated rings. The molecule has 33 heavy (non-hydrogen) atoms. The van der Waals surface area contributed by atoms with Crippen molar-refractivity contribution >= 4 is 35.2 Å². The number of morpholine rings is 1. The van der Waals surface area contributed by atoms with Gasteiger partial charge in [0.05, 0.1) is 19.0 Å². The van der Waals surface area contributed by atoms with Crippen molar-refractivity contribution in [1.29, 1.82) is 0 Å². The number of anilines is 2. The molecule has 4 rings (SSSR count). The highest BCUT2D eigenvalue weighted by Crippen LogP contribution is 2.28. The fraction of sp³-hybridized carbons (Fsp3) is 0.500. The van der Waals surface area contributed by atoms with Crippen molar-refractivity contribution in [3.63, 3.8) is 0 Å². The van der Waals surface area contributed by atoms with Crippen LogP contribution in [0.1, 0.15) is 23.2 Å². The van der Waals surface area contributed by atoms with E-state index in [2.05, 4.69) is 20.8 Å². The number of alkyl halides is 3. The maximum Gasteiger partial charge on any atom is 0.406 e. The third-order valence-corrected chi connectivity index (χ3v) is 5.95. The number of thioether (sulfide) groups is 1. The molecule has 2 heterocycles. The van der Waals surface area contributed by atoms with Crippen LogP contribution in [0.4, 0.5) is 24.8 Å². The molecule has 1 aliphatic heterocycles. The average Bonchev–Trinajstić information content (AvgIpc) is 3.51. The quantitative estimate of drug-likeness (QED) is 0.555. The van der Waals surface area contributed by atoms with E-state index in [1.54, 1.807) is 29.2 Å². The Morgan fingerprint density at radius 1 is 1.18 bits per heavy atom. The molecular formula is C20H23F3N6O3S. The minimum absolute atomic E-state index is 0.00142. The number of benzene rings is 1. The number of carbonyl (C=O) groups excluding carboxylic acids is 2. The fourth-order valence-electron chi connectivity index (χ4n) is 3.26. The van der Waals surface area contributed by atoms with Gasteiger partial charge in [0.2, 0.25) is 11.9 Å². The zero-order valence-electron chi connectivity index (χ0n) is 17.6. The van der Waals surface area contributed by atoms with E-state index in [4.69, 9.17) is 4.74 Å². The third kappa shape index (κ3) is 6.60. The van der Waals surface area contributed by atoms with E-state index in [0.29, 0.717) is 37.6 Å². The Morgan fingerprint density at radius 2 is 1.94 bits per heavy atom. The highest BCUT2D eigenvalue weighted by Gasteiger charge is 2.33. The number of aromatic nitrogens is 3. The summed E-state index contributed by atoms with van der Waals surface area (Å²) < 4.78 is 45.8. The first-order chi connectivity index (χ1) is 15.8. The van der Waals surface area contributed by atoms with Crippen LogP contribution in [0.25, 0.3) is 0 Å². The fourth-order valence-corrected chi connectivity index (χ4v) is 4.00. The maximum atomic E-state index is 13.2. The zero-order valence-corrected chi connectivity index (χ0v) is 18.4. The van der Waals surface area contributed by atoms with E-state index in [1.807, 2.05) is 0 Å². The van der Waals surface area contributed by atoms with Gasteiger partial charge in [-0.1, -0.05) is 17.8 Å². The number of nitrogens with one attached hydrogen (secondary N) is 2. The van der Waals surface area contributed by atoms with Crippen molar-refractivity contribution in [3.8, 4) is 0 Å². The monoisotopic (exact) mass is 484 g/mol. The molecule has 2 aromatic rings. The molecule has 13 heteroatoms. The van der Waals surface area contributed by atoms with Gasteiger partial charge in [-0.3, -0.25) is 14.2 Å². The van der Waals surface area contributed by atoms with Crippen LogP contribution in [-0.4, -0.2) is 70.9 Å². The molecule has 1 saturated carbocycles. The maximum absolute atomic E-state index is 13.2. The smallest absolute Gasteiger partial charge is 0.378 e. The average molecular weight is 485 g/mol. The second kappa shape index (κ2) is 10.00. The van der Waals surface area contributed by atoms with E-state index in [0.717, 1.165) is 29.2 Å². The van der Waals surface area contributed by atoms with Crippen molar-refractivity contribution in [2.45, 2.75) is 36.8 Å². The summed E-state index contributed by atoms with van der Waals surface area (Å²) in [7, 11) is 0. The molecule has 1 aliphatic carbocycles. The summed E-state index contributed by atoms with van der Waals surface area (Å²) in [5.74, 6) is -0.710. The Morgan fingerprint density at radius 3 is 2.64 bits per heavy atom. The van der Waals surface area contributed by atoms with Gasteiger partial charge in [0.25, 0.3) is 5.91 Å². The van der Waals surface area contributed by atoms with E-state index in [9.17, 15) is 22.8 Å². The second-order valence-corrected chi connectivity index (χ2v) is 8.69. The van der Waals surface area contributed by atoms with E-state index in [-0.39, 0.29) is 28.8 Å². The molecule has 0 unspecified atom stereocenters. The van der Waals surface area contributed by atoms with Crippen LogP contribution in [0.3, 0.4) is 0 Å². The topological polar surface area (TPSA) is 101 Å². The van der Waals surface area contributed by atoms with Gasteiger partial charge in [0, 0.05) is 30.4 Å². The molecule has 0 spiro atoms. The molecule has 1 aromatic carbocycles. The molecular weight excluding hydrogens is 461 g/mol. The lowest BCUT2D eigenvalue weighted by Gasteiger charge is -2.28. The van der Waals surface area contributed by atoms with Gasteiger partial charge < -0.3 is 20.3 Å². The largest absolute Gasteiger partial charge is 0.406 e. The number of ether oxygens (including phenoxy) is 1.